The summed E-state index contributed by atoms with van der Waals surface area (Å²) in [4.78, 5) is 41.7. The van der Waals surface area contributed by atoms with Crippen LogP contribution in [0.1, 0.15) is 38.8 Å². The predicted molar refractivity (Wildman–Crippen MR) is 113 cm³/mol. The van der Waals surface area contributed by atoms with E-state index in [9.17, 15) is 14.4 Å². The van der Waals surface area contributed by atoms with Crippen LogP contribution >= 0.6 is 0 Å². The maximum atomic E-state index is 13.2. The summed E-state index contributed by atoms with van der Waals surface area (Å²) in [6, 6.07) is 7.64. The quantitative estimate of drug-likeness (QED) is 0.762. The van der Waals surface area contributed by atoms with Gasteiger partial charge in [0.25, 0.3) is 5.56 Å². The first-order valence-electron chi connectivity index (χ1n) is 9.59. The van der Waals surface area contributed by atoms with Crippen LogP contribution in [-0.4, -0.2) is 22.0 Å². The van der Waals surface area contributed by atoms with Crippen molar-refractivity contribution in [2.45, 2.75) is 47.6 Å². The molecule has 0 radical (unpaired) electrons. The molecule has 28 heavy (non-hydrogen) atoms. The average molecular weight is 386 g/mol. The van der Waals surface area contributed by atoms with E-state index >= 15 is 0 Å². The second kappa shape index (κ2) is 8.91. The Morgan fingerprint density at radius 1 is 1.14 bits per heavy atom. The van der Waals surface area contributed by atoms with Gasteiger partial charge in [0.05, 0.1) is 6.42 Å². The summed E-state index contributed by atoms with van der Waals surface area (Å²) in [5.74, 6) is 0.0706. The Morgan fingerprint density at radius 3 is 2.36 bits per heavy atom. The summed E-state index contributed by atoms with van der Waals surface area (Å²) >= 11 is 0. The number of aromatic amines is 1. The van der Waals surface area contributed by atoms with E-state index < -0.39 is 11.2 Å². The highest BCUT2D eigenvalue weighted by Gasteiger charge is 2.25. The van der Waals surface area contributed by atoms with Crippen molar-refractivity contribution in [1.82, 2.24) is 9.55 Å². The normalized spacial score (nSPS) is 11.2. The number of nitrogens with two attached hydrogens (primary N) is 1. The Bertz CT molecular complexity index is 957. The fraction of sp³-hybridized carbons (Fsp3) is 0.476. The lowest BCUT2D eigenvalue weighted by molar-refractivity contribution is -0.118. The lowest BCUT2D eigenvalue weighted by Crippen LogP contribution is -2.43. The number of carbonyl (C=O) groups excluding carboxylic acids is 1. The van der Waals surface area contributed by atoms with E-state index in [2.05, 4.69) is 4.98 Å². The van der Waals surface area contributed by atoms with Crippen molar-refractivity contribution in [2.24, 2.45) is 11.8 Å². The molecule has 152 valence electrons. The maximum absolute atomic E-state index is 13.2. The van der Waals surface area contributed by atoms with Crippen LogP contribution in [0.2, 0.25) is 0 Å². The van der Waals surface area contributed by atoms with Crippen molar-refractivity contribution in [1.29, 1.82) is 0 Å². The molecule has 3 N–H and O–H groups in total. The number of anilines is 2. The third-order valence-corrected chi connectivity index (χ3v) is 4.48. The van der Waals surface area contributed by atoms with Gasteiger partial charge in [-0.1, -0.05) is 52.0 Å². The molecule has 2 rings (SSSR count). The zero-order chi connectivity index (χ0) is 21.0. The number of amides is 1. The summed E-state index contributed by atoms with van der Waals surface area (Å²) in [6.45, 7) is 10.5. The van der Waals surface area contributed by atoms with Crippen molar-refractivity contribution in [3.05, 3.63) is 56.2 Å². The molecule has 0 bridgehead atoms. The van der Waals surface area contributed by atoms with E-state index in [-0.39, 0.29) is 35.7 Å². The van der Waals surface area contributed by atoms with Gasteiger partial charge in [-0.15, -0.1) is 0 Å². The Morgan fingerprint density at radius 2 is 1.79 bits per heavy atom. The Labute approximate surface area is 165 Å². The standard InChI is InChI=1S/C21H30N4O3/c1-13(2)11-24(17(26)10-16-9-7-6-8-15(16)5)18-19(22)25(12-14(3)4)21(28)23-20(18)27/h6-9,13-14H,10-12,22H2,1-5H3,(H,23,27,28). The average Bonchev–Trinajstić information content (AvgIpc) is 2.59. The predicted octanol–water partition coefficient (Wildman–Crippen LogP) is 2.31. The molecule has 0 atom stereocenters. The Kier molecular flexibility index (Phi) is 6.83. The molecular formula is C21H30N4O3. The van der Waals surface area contributed by atoms with E-state index in [0.29, 0.717) is 13.1 Å². The van der Waals surface area contributed by atoms with Crippen LogP contribution in [0.3, 0.4) is 0 Å². The lowest BCUT2D eigenvalue weighted by Gasteiger charge is -2.26. The molecule has 1 amide bonds. The third kappa shape index (κ3) is 4.91. The highest BCUT2D eigenvalue weighted by Crippen LogP contribution is 2.21. The van der Waals surface area contributed by atoms with Gasteiger partial charge in [0.2, 0.25) is 5.91 Å². The Balaban J connectivity index is 2.54. The number of aryl methyl sites for hydroxylation is 1. The molecule has 1 aromatic heterocycles. The van der Waals surface area contributed by atoms with Gasteiger partial charge < -0.3 is 10.6 Å². The minimum Gasteiger partial charge on any atom is -0.383 e. The third-order valence-electron chi connectivity index (χ3n) is 4.48. The minimum atomic E-state index is -0.638. The number of carbonyl (C=O) groups is 1. The van der Waals surface area contributed by atoms with E-state index in [4.69, 9.17) is 5.73 Å². The molecule has 0 spiro atoms. The molecule has 7 nitrogen and oxygen atoms in total. The van der Waals surface area contributed by atoms with Crippen molar-refractivity contribution in [3.63, 3.8) is 0 Å². The second-order valence-electron chi connectivity index (χ2n) is 8.00. The molecule has 2 aromatic rings. The monoisotopic (exact) mass is 386 g/mol. The van der Waals surface area contributed by atoms with Gasteiger partial charge in [-0.25, -0.2) is 4.79 Å². The summed E-state index contributed by atoms with van der Waals surface area (Å²) in [7, 11) is 0. The molecular weight excluding hydrogens is 356 g/mol. The van der Waals surface area contributed by atoms with Gasteiger partial charge in [0, 0.05) is 13.1 Å². The van der Waals surface area contributed by atoms with Crippen LogP contribution in [-0.2, 0) is 17.8 Å². The van der Waals surface area contributed by atoms with Crippen LogP contribution in [0.15, 0.2) is 33.9 Å². The first kappa shape index (κ1) is 21.5. The number of aromatic nitrogens is 2. The van der Waals surface area contributed by atoms with Crippen molar-refractivity contribution < 1.29 is 4.79 Å². The van der Waals surface area contributed by atoms with E-state index in [1.807, 2.05) is 58.9 Å². The largest absolute Gasteiger partial charge is 0.383 e. The smallest absolute Gasteiger partial charge is 0.330 e. The highest BCUT2D eigenvalue weighted by molar-refractivity contribution is 5.97. The zero-order valence-electron chi connectivity index (χ0n) is 17.3. The molecule has 7 heteroatoms. The molecule has 0 saturated heterocycles. The molecule has 0 fully saturated rings. The van der Waals surface area contributed by atoms with Gasteiger partial charge in [-0.3, -0.25) is 19.1 Å². The second-order valence-corrected chi connectivity index (χ2v) is 8.00. The molecule has 0 aliphatic heterocycles. The maximum Gasteiger partial charge on any atom is 0.330 e. The first-order valence-corrected chi connectivity index (χ1v) is 9.59. The lowest BCUT2D eigenvalue weighted by atomic mass is 10.0. The van der Waals surface area contributed by atoms with Crippen LogP contribution in [0.5, 0.6) is 0 Å². The SMILES string of the molecule is Cc1ccccc1CC(=O)N(CC(C)C)c1c(N)n(CC(C)C)c(=O)[nH]c1=O. The summed E-state index contributed by atoms with van der Waals surface area (Å²) in [6.07, 6.45) is 0.154. The molecule has 0 saturated carbocycles. The Hall–Kier alpha value is -2.83. The number of H-pyrrole nitrogens is 1. The zero-order valence-corrected chi connectivity index (χ0v) is 17.3. The minimum absolute atomic E-state index is 0.0289. The number of rotatable bonds is 7. The highest BCUT2D eigenvalue weighted by atomic mass is 16.2. The van der Waals surface area contributed by atoms with Gasteiger partial charge >= 0.3 is 5.69 Å². The first-order chi connectivity index (χ1) is 13.1. The van der Waals surface area contributed by atoms with Crippen molar-refractivity contribution >= 4 is 17.4 Å². The van der Waals surface area contributed by atoms with Crippen molar-refractivity contribution in [3.8, 4) is 0 Å². The summed E-state index contributed by atoms with van der Waals surface area (Å²) in [5, 5.41) is 0. The van der Waals surface area contributed by atoms with Gasteiger partial charge in [0.15, 0.2) is 5.69 Å². The van der Waals surface area contributed by atoms with Crippen LogP contribution in [0.4, 0.5) is 11.5 Å². The molecule has 1 aromatic carbocycles. The molecule has 0 aliphatic carbocycles. The summed E-state index contributed by atoms with van der Waals surface area (Å²) in [5.41, 5.74) is 6.97. The van der Waals surface area contributed by atoms with Gasteiger partial charge in [-0.2, -0.15) is 0 Å². The van der Waals surface area contributed by atoms with Crippen LogP contribution in [0.25, 0.3) is 0 Å². The van der Waals surface area contributed by atoms with Gasteiger partial charge in [-0.05, 0) is 29.9 Å². The van der Waals surface area contributed by atoms with Crippen molar-refractivity contribution in [2.75, 3.05) is 17.2 Å². The van der Waals surface area contributed by atoms with Gasteiger partial charge in [0.1, 0.15) is 5.82 Å². The number of benzene rings is 1. The van der Waals surface area contributed by atoms with E-state index in [1.165, 1.54) is 9.47 Å². The van der Waals surface area contributed by atoms with Crippen LogP contribution in [0, 0.1) is 18.8 Å². The molecule has 1 heterocycles. The summed E-state index contributed by atoms with van der Waals surface area (Å²) < 4.78 is 1.33. The molecule has 0 unspecified atom stereocenters. The van der Waals surface area contributed by atoms with Crippen LogP contribution < -0.4 is 21.9 Å². The topological polar surface area (TPSA) is 101 Å². The molecule has 0 aliphatic rings. The fourth-order valence-electron chi connectivity index (χ4n) is 3.13. The number of nitrogens with zero attached hydrogens (tertiary/aromatic N) is 2. The van der Waals surface area contributed by atoms with E-state index in [0.717, 1.165) is 11.1 Å². The van der Waals surface area contributed by atoms with E-state index in [1.54, 1.807) is 0 Å². The number of hydrogen-bond donors (Lipinski definition) is 2. The number of nitrogens with one attached hydrogen (secondary N) is 1. The number of hydrogen-bond acceptors (Lipinski definition) is 4. The number of nitrogen functional groups attached to an aromatic ring is 1. The fourth-order valence-corrected chi connectivity index (χ4v) is 3.13.